The molecule has 4 heteroatoms. The van der Waals surface area contributed by atoms with Crippen molar-refractivity contribution in [2.45, 2.75) is 20.8 Å². The first-order chi connectivity index (χ1) is 8.84. The van der Waals surface area contributed by atoms with E-state index in [1.807, 2.05) is 21.0 Å². The molecule has 0 aliphatic carbocycles. The second-order valence-corrected chi connectivity index (χ2v) is 6.07. The quantitative estimate of drug-likeness (QED) is 0.918. The van der Waals surface area contributed by atoms with E-state index in [0.29, 0.717) is 0 Å². The molecule has 0 atom stereocenters. The Labute approximate surface area is 114 Å². The van der Waals surface area contributed by atoms with Crippen LogP contribution in [0.25, 0.3) is 11.0 Å². The van der Waals surface area contributed by atoms with Crippen LogP contribution in [0.2, 0.25) is 0 Å². The lowest BCUT2D eigenvalue weighted by Crippen LogP contribution is -2.33. The van der Waals surface area contributed by atoms with Gasteiger partial charge in [0.2, 0.25) is 0 Å². The minimum Gasteiger partial charge on any atom is -0.396 e. The highest BCUT2D eigenvalue weighted by atomic mass is 16.3. The van der Waals surface area contributed by atoms with Gasteiger partial charge >= 0.3 is 0 Å². The summed E-state index contributed by atoms with van der Waals surface area (Å²) in [6.07, 6.45) is 0. The van der Waals surface area contributed by atoms with E-state index in [1.54, 1.807) is 0 Å². The monoisotopic (exact) mass is 261 g/mol. The lowest BCUT2D eigenvalue weighted by atomic mass is 9.94. The van der Waals surface area contributed by atoms with E-state index < -0.39 is 0 Å². The lowest BCUT2D eigenvalue weighted by molar-refractivity contribution is 0.165. The van der Waals surface area contributed by atoms with Crippen molar-refractivity contribution in [2.75, 3.05) is 25.1 Å². The van der Waals surface area contributed by atoms with Crippen LogP contribution >= 0.6 is 0 Å². The summed E-state index contributed by atoms with van der Waals surface area (Å²) in [5, 5.41) is 9.36. The first-order valence-corrected chi connectivity index (χ1v) is 6.59. The van der Waals surface area contributed by atoms with E-state index in [0.717, 1.165) is 29.1 Å². The van der Waals surface area contributed by atoms with Crippen molar-refractivity contribution in [1.29, 1.82) is 0 Å². The van der Waals surface area contributed by atoms with Crippen molar-refractivity contribution in [3.8, 4) is 0 Å². The van der Waals surface area contributed by atoms with Crippen molar-refractivity contribution in [2.24, 2.45) is 12.5 Å². The SMILES string of the molecule is Cc1nc2cc(N(C)CC(C)(C)CO)ccc2n1C. The van der Waals surface area contributed by atoms with Crippen LogP contribution in [0.15, 0.2) is 18.2 Å². The molecule has 0 aliphatic rings. The number of anilines is 1. The Kier molecular flexibility index (Phi) is 3.54. The number of hydrogen-bond donors (Lipinski definition) is 1. The van der Waals surface area contributed by atoms with Crippen molar-refractivity contribution >= 4 is 16.7 Å². The van der Waals surface area contributed by atoms with Crippen molar-refractivity contribution in [3.05, 3.63) is 24.0 Å². The van der Waals surface area contributed by atoms with Gasteiger partial charge in [-0.15, -0.1) is 0 Å². The molecule has 2 rings (SSSR count). The highest BCUT2D eigenvalue weighted by molar-refractivity contribution is 5.80. The zero-order chi connectivity index (χ0) is 14.2. The van der Waals surface area contributed by atoms with E-state index in [-0.39, 0.29) is 12.0 Å². The van der Waals surface area contributed by atoms with Gasteiger partial charge in [0.15, 0.2) is 0 Å². The zero-order valence-corrected chi connectivity index (χ0v) is 12.4. The van der Waals surface area contributed by atoms with Crippen molar-refractivity contribution in [1.82, 2.24) is 9.55 Å². The van der Waals surface area contributed by atoms with Gasteiger partial charge in [-0.3, -0.25) is 0 Å². The average molecular weight is 261 g/mol. The highest BCUT2D eigenvalue weighted by Gasteiger charge is 2.19. The van der Waals surface area contributed by atoms with Crippen LogP contribution in [0.5, 0.6) is 0 Å². The molecule has 0 fully saturated rings. The first-order valence-electron chi connectivity index (χ1n) is 6.59. The Morgan fingerprint density at radius 3 is 2.68 bits per heavy atom. The molecular formula is C15H23N3O. The van der Waals surface area contributed by atoms with Gasteiger partial charge in [-0.05, 0) is 25.1 Å². The summed E-state index contributed by atoms with van der Waals surface area (Å²) < 4.78 is 2.09. The number of aromatic nitrogens is 2. The molecule has 0 saturated heterocycles. The van der Waals surface area contributed by atoms with Crippen LogP contribution < -0.4 is 4.90 Å². The number of aliphatic hydroxyl groups excluding tert-OH is 1. The van der Waals surface area contributed by atoms with E-state index in [4.69, 9.17) is 0 Å². The molecule has 0 saturated carbocycles. The molecule has 1 aromatic heterocycles. The van der Waals surface area contributed by atoms with Gasteiger partial charge < -0.3 is 14.6 Å². The number of benzene rings is 1. The fourth-order valence-electron chi connectivity index (χ4n) is 2.33. The maximum Gasteiger partial charge on any atom is 0.106 e. The van der Waals surface area contributed by atoms with Gasteiger partial charge in [-0.2, -0.15) is 0 Å². The third-order valence-electron chi connectivity index (χ3n) is 3.62. The smallest absolute Gasteiger partial charge is 0.106 e. The molecule has 0 amide bonds. The summed E-state index contributed by atoms with van der Waals surface area (Å²) in [6, 6.07) is 6.32. The fraction of sp³-hybridized carbons (Fsp3) is 0.533. The van der Waals surface area contributed by atoms with Gasteiger partial charge in [0.25, 0.3) is 0 Å². The Bertz CT molecular complexity index is 586. The predicted molar refractivity (Wildman–Crippen MR) is 79.6 cm³/mol. The largest absolute Gasteiger partial charge is 0.396 e. The average Bonchev–Trinajstić information content (AvgIpc) is 2.64. The van der Waals surface area contributed by atoms with E-state index >= 15 is 0 Å². The van der Waals surface area contributed by atoms with Crippen molar-refractivity contribution in [3.63, 3.8) is 0 Å². The molecule has 1 heterocycles. The standard InChI is InChI=1S/C15H23N3O/c1-11-16-13-8-12(6-7-14(13)18(11)5)17(4)9-15(2,3)10-19/h6-8,19H,9-10H2,1-5H3. The molecule has 0 bridgehead atoms. The molecule has 0 unspecified atom stereocenters. The Morgan fingerprint density at radius 2 is 2.05 bits per heavy atom. The lowest BCUT2D eigenvalue weighted by Gasteiger charge is -2.29. The molecule has 0 spiro atoms. The number of aliphatic hydroxyl groups is 1. The van der Waals surface area contributed by atoms with Crippen LogP contribution in [-0.2, 0) is 7.05 Å². The second kappa shape index (κ2) is 4.85. The maximum atomic E-state index is 9.36. The van der Waals surface area contributed by atoms with Crippen LogP contribution in [0, 0.1) is 12.3 Å². The molecule has 19 heavy (non-hydrogen) atoms. The maximum absolute atomic E-state index is 9.36. The number of hydrogen-bond acceptors (Lipinski definition) is 3. The van der Waals surface area contributed by atoms with E-state index in [2.05, 4.69) is 46.5 Å². The number of nitrogens with zero attached hydrogens (tertiary/aromatic N) is 3. The zero-order valence-electron chi connectivity index (χ0n) is 12.4. The number of fused-ring (bicyclic) bond motifs is 1. The van der Waals surface area contributed by atoms with E-state index in [9.17, 15) is 5.11 Å². The highest BCUT2D eigenvalue weighted by Crippen LogP contribution is 2.24. The molecule has 0 radical (unpaired) electrons. The summed E-state index contributed by atoms with van der Waals surface area (Å²) in [5.41, 5.74) is 3.19. The summed E-state index contributed by atoms with van der Waals surface area (Å²) in [6.45, 7) is 7.13. The van der Waals surface area contributed by atoms with Crippen LogP contribution in [0.1, 0.15) is 19.7 Å². The molecule has 2 aromatic rings. The fourth-order valence-corrected chi connectivity index (χ4v) is 2.33. The number of aryl methyl sites for hydroxylation is 2. The summed E-state index contributed by atoms with van der Waals surface area (Å²) in [5.74, 6) is 1.02. The van der Waals surface area contributed by atoms with Gasteiger partial charge in [-0.25, -0.2) is 4.98 Å². The van der Waals surface area contributed by atoms with Gasteiger partial charge in [0, 0.05) is 38.3 Å². The minimum atomic E-state index is -0.107. The van der Waals surface area contributed by atoms with Gasteiger partial charge in [-0.1, -0.05) is 13.8 Å². The van der Waals surface area contributed by atoms with E-state index in [1.165, 1.54) is 0 Å². The minimum absolute atomic E-state index is 0.107. The van der Waals surface area contributed by atoms with Crippen LogP contribution in [0.3, 0.4) is 0 Å². The summed E-state index contributed by atoms with van der Waals surface area (Å²) in [7, 11) is 4.08. The molecule has 0 aliphatic heterocycles. The summed E-state index contributed by atoms with van der Waals surface area (Å²) >= 11 is 0. The number of rotatable bonds is 4. The predicted octanol–water partition coefficient (Wildman–Crippen LogP) is 2.34. The molecule has 4 nitrogen and oxygen atoms in total. The Balaban J connectivity index is 2.31. The molecule has 1 N–H and O–H groups in total. The first kappa shape index (κ1) is 13.9. The molecule has 104 valence electrons. The van der Waals surface area contributed by atoms with Gasteiger partial charge in [0.1, 0.15) is 5.82 Å². The Hall–Kier alpha value is -1.55. The van der Waals surface area contributed by atoms with Crippen LogP contribution in [0.4, 0.5) is 5.69 Å². The molecular weight excluding hydrogens is 238 g/mol. The van der Waals surface area contributed by atoms with Crippen LogP contribution in [-0.4, -0.2) is 34.9 Å². The number of imidazole rings is 1. The summed E-state index contributed by atoms with van der Waals surface area (Å²) in [4.78, 5) is 6.73. The topological polar surface area (TPSA) is 41.3 Å². The third-order valence-corrected chi connectivity index (χ3v) is 3.62. The van der Waals surface area contributed by atoms with Gasteiger partial charge in [0.05, 0.1) is 11.0 Å². The molecule has 1 aromatic carbocycles. The Morgan fingerprint density at radius 1 is 1.37 bits per heavy atom. The second-order valence-electron chi connectivity index (χ2n) is 6.07. The van der Waals surface area contributed by atoms with Crippen molar-refractivity contribution < 1.29 is 5.11 Å². The third kappa shape index (κ3) is 2.73. The normalized spacial score (nSPS) is 12.1.